The Morgan fingerprint density at radius 2 is 1.32 bits per heavy atom. The van der Waals surface area contributed by atoms with Crippen LogP contribution in [0.3, 0.4) is 0 Å². The number of ether oxygens (including phenoxy) is 4. The SMILES string of the molecule is CC(C)(CCn1ccnc1)OCCC(C)(C)n1cc(COc2cc(C(=O)Nc3cc(OCCN)c4ccccc4n3)nc(C(=O)Nc3cc(OCCN)c4ccccc4n3)c2)nn1. The van der Waals surface area contributed by atoms with Gasteiger partial charge in [0.05, 0.1) is 34.7 Å². The number of carbonyl (C=O) groups is 2. The van der Waals surface area contributed by atoms with Gasteiger partial charge in [0, 0.05) is 73.7 Å². The Balaban J connectivity index is 1.10. The standard InChI is InChI=1S/C45H52N12O6/c1-44(2,14-20-63-45(3,4)13-18-56-19-17-48-29-56)57-27-30(54-55-57)28-62-31-23-36(42(58)52-40-25-38(60-21-15-46)32-9-5-7-11-34(32)50-40)49-37(24-31)43(59)53-41-26-39(61-22-16-47)33-10-6-8-12-35(33)51-41/h5-12,17,19,23-27,29H,13-16,18,20-22,28,46-47H2,1-4H3,(H,50,52,58)(H,51,53,59). The molecule has 0 atom stereocenters. The topological polar surface area (TPSA) is 234 Å². The fourth-order valence-electron chi connectivity index (χ4n) is 6.57. The van der Waals surface area contributed by atoms with E-state index in [0.29, 0.717) is 54.3 Å². The Labute approximate surface area is 364 Å². The number of benzene rings is 2. The van der Waals surface area contributed by atoms with Crippen molar-refractivity contribution in [3.8, 4) is 17.2 Å². The highest BCUT2D eigenvalue weighted by Crippen LogP contribution is 2.30. The smallest absolute Gasteiger partial charge is 0.275 e. The lowest BCUT2D eigenvalue weighted by atomic mass is 10.0. The van der Waals surface area contributed by atoms with Gasteiger partial charge in [0.1, 0.15) is 65.8 Å². The normalized spacial score (nSPS) is 11.8. The Kier molecular flexibility index (Phi) is 13.8. The predicted octanol–water partition coefficient (Wildman–Crippen LogP) is 5.74. The lowest BCUT2D eigenvalue weighted by Crippen LogP contribution is -2.32. The summed E-state index contributed by atoms with van der Waals surface area (Å²) in [5.74, 6) is 0.288. The van der Waals surface area contributed by atoms with E-state index in [0.717, 1.165) is 23.7 Å². The molecule has 7 aromatic rings. The summed E-state index contributed by atoms with van der Waals surface area (Å²) < 4.78 is 28.1. The first-order valence-electron chi connectivity index (χ1n) is 20.6. The molecule has 7 rings (SSSR count). The van der Waals surface area contributed by atoms with Gasteiger partial charge in [0.15, 0.2) is 0 Å². The number of imidazole rings is 1. The quantitative estimate of drug-likeness (QED) is 0.0676. The Morgan fingerprint density at radius 3 is 1.87 bits per heavy atom. The third-order valence-electron chi connectivity index (χ3n) is 10.1. The maximum atomic E-state index is 13.9. The number of carbonyl (C=O) groups excluding carboxylic acids is 2. The summed E-state index contributed by atoms with van der Waals surface area (Å²) in [6.07, 6.45) is 8.81. The molecule has 2 amide bonds. The van der Waals surface area contributed by atoms with Gasteiger partial charge in [0.25, 0.3) is 11.8 Å². The Morgan fingerprint density at radius 1 is 0.730 bits per heavy atom. The van der Waals surface area contributed by atoms with Crippen LogP contribution in [0.1, 0.15) is 67.2 Å². The molecule has 328 valence electrons. The third kappa shape index (κ3) is 11.5. The molecular formula is C45H52N12O6. The Bertz CT molecular complexity index is 2540. The summed E-state index contributed by atoms with van der Waals surface area (Å²) in [7, 11) is 0. The van der Waals surface area contributed by atoms with E-state index < -0.39 is 17.4 Å². The molecule has 63 heavy (non-hydrogen) atoms. The molecule has 0 aliphatic rings. The van der Waals surface area contributed by atoms with Gasteiger partial charge in [-0.15, -0.1) is 5.10 Å². The van der Waals surface area contributed by atoms with Crippen molar-refractivity contribution in [3.05, 3.63) is 115 Å². The molecule has 18 heteroatoms. The zero-order valence-electron chi connectivity index (χ0n) is 35.8. The van der Waals surface area contributed by atoms with Crippen LogP contribution in [0.2, 0.25) is 0 Å². The molecule has 0 saturated carbocycles. The van der Waals surface area contributed by atoms with E-state index in [9.17, 15) is 9.59 Å². The van der Waals surface area contributed by atoms with Crippen molar-refractivity contribution in [1.29, 1.82) is 0 Å². The maximum Gasteiger partial charge on any atom is 0.275 e. The van der Waals surface area contributed by atoms with Crippen LogP contribution < -0.4 is 36.3 Å². The van der Waals surface area contributed by atoms with Crippen LogP contribution in [0.4, 0.5) is 11.6 Å². The van der Waals surface area contributed by atoms with Gasteiger partial charge in [-0.25, -0.2) is 24.6 Å². The fourth-order valence-corrected chi connectivity index (χ4v) is 6.57. The van der Waals surface area contributed by atoms with Crippen LogP contribution in [0.25, 0.3) is 21.8 Å². The van der Waals surface area contributed by atoms with Gasteiger partial charge in [0.2, 0.25) is 0 Å². The summed E-state index contributed by atoms with van der Waals surface area (Å²) in [6.45, 7) is 10.7. The van der Waals surface area contributed by atoms with E-state index in [1.165, 1.54) is 12.1 Å². The second-order valence-electron chi connectivity index (χ2n) is 16.0. The molecular weight excluding hydrogens is 805 g/mol. The van der Waals surface area contributed by atoms with Crippen LogP contribution in [0.5, 0.6) is 17.2 Å². The number of aryl methyl sites for hydroxylation is 1. The minimum atomic E-state index is -0.650. The highest BCUT2D eigenvalue weighted by Gasteiger charge is 2.26. The van der Waals surface area contributed by atoms with Gasteiger partial charge < -0.3 is 45.6 Å². The first-order chi connectivity index (χ1) is 30.4. The average molecular weight is 857 g/mol. The van der Waals surface area contributed by atoms with Crippen molar-refractivity contribution >= 4 is 45.3 Å². The van der Waals surface area contributed by atoms with Gasteiger partial charge in [-0.3, -0.25) is 9.59 Å². The molecule has 0 aliphatic carbocycles. The molecule has 0 radical (unpaired) electrons. The van der Waals surface area contributed by atoms with Crippen molar-refractivity contribution in [2.75, 3.05) is 43.5 Å². The summed E-state index contributed by atoms with van der Waals surface area (Å²) >= 11 is 0. The number of anilines is 2. The molecule has 18 nitrogen and oxygen atoms in total. The number of amides is 2. The first-order valence-corrected chi connectivity index (χ1v) is 20.6. The summed E-state index contributed by atoms with van der Waals surface area (Å²) in [4.78, 5) is 45.7. The van der Waals surface area contributed by atoms with Crippen molar-refractivity contribution in [1.82, 2.24) is 39.5 Å². The zero-order valence-corrected chi connectivity index (χ0v) is 35.8. The molecule has 5 aromatic heterocycles. The highest BCUT2D eigenvalue weighted by atomic mass is 16.5. The summed E-state index contributed by atoms with van der Waals surface area (Å²) in [6, 6.07) is 20.8. The third-order valence-corrected chi connectivity index (χ3v) is 10.1. The van der Waals surface area contributed by atoms with E-state index in [-0.39, 0.29) is 54.2 Å². The first kappa shape index (κ1) is 44.0. The monoisotopic (exact) mass is 856 g/mol. The number of fused-ring (bicyclic) bond motifs is 2. The van der Waals surface area contributed by atoms with E-state index in [2.05, 4.69) is 68.6 Å². The van der Waals surface area contributed by atoms with Gasteiger partial charge in [-0.2, -0.15) is 0 Å². The highest BCUT2D eigenvalue weighted by molar-refractivity contribution is 6.07. The maximum absolute atomic E-state index is 13.9. The van der Waals surface area contributed by atoms with E-state index in [4.69, 9.17) is 30.4 Å². The van der Waals surface area contributed by atoms with Crippen LogP contribution in [0.15, 0.2) is 97.7 Å². The molecule has 0 fully saturated rings. The Hall–Kier alpha value is -7.02. The second-order valence-corrected chi connectivity index (χ2v) is 16.0. The average Bonchev–Trinajstić information content (AvgIpc) is 3.99. The largest absolute Gasteiger partial charge is 0.491 e. The fraction of sp³-hybridized carbons (Fsp3) is 0.333. The van der Waals surface area contributed by atoms with Crippen molar-refractivity contribution in [3.63, 3.8) is 0 Å². The number of pyridine rings is 3. The lowest BCUT2D eigenvalue weighted by molar-refractivity contribution is -0.0365. The van der Waals surface area contributed by atoms with Gasteiger partial charge in [-0.05, 0) is 64.8 Å². The molecule has 0 saturated heterocycles. The summed E-state index contributed by atoms with van der Waals surface area (Å²) in [5, 5.41) is 15.9. The molecule has 2 aromatic carbocycles. The van der Waals surface area contributed by atoms with E-state index >= 15 is 0 Å². The number of para-hydroxylation sites is 2. The number of aromatic nitrogens is 8. The van der Waals surface area contributed by atoms with Gasteiger partial charge in [-0.1, -0.05) is 29.5 Å². The molecule has 0 unspecified atom stereocenters. The minimum absolute atomic E-state index is 0.0257. The number of nitrogens with two attached hydrogens (primary N) is 2. The van der Waals surface area contributed by atoms with Crippen molar-refractivity contribution in [2.24, 2.45) is 11.5 Å². The number of hydrogen-bond acceptors (Lipinski definition) is 14. The second kappa shape index (κ2) is 19.8. The lowest BCUT2D eigenvalue weighted by Gasteiger charge is -2.29. The van der Waals surface area contributed by atoms with Crippen LogP contribution >= 0.6 is 0 Å². The minimum Gasteiger partial charge on any atom is -0.491 e. The van der Waals surface area contributed by atoms with E-state index in [1.807, 2.05) is 47.2 Å². The van der Waals surface area contributed by atoms with Crippen LogP contribution in [0, 0.1) is 0 Å². The molecule has 6 N–H and O–H groups in total. The summed E-state index contributed by atoms with van der Waals surface area (Å²) in [5.41, 5.74) is 12.1. The molecule has 0 aliphatic heterocycles. The molecule has 0 bridgehead atoms. The number of rotatable bonds is 21. The van der Waals surface area contributed by atoms with Gasteiger partial charge >= 0.3 is 0 Å². The number of hydrogen-bond donors (Lipinski definition) is 4. The van der Waals surface area contributed by atoms with Crippen molar-refractivity contribution < 1.29 is 28.5 Å². The predicted molar refractivity (Wildman–Crippen MR) is 238 cm³/mol. The van der Waals surface area contributed by atoms with E-state index in [1.54, 1.807) is 47.7 Å². The number of nitrogens with zero attached hydrogens (tertiary/aromatic N) is 8. The number of nitrogens with one attached hydrogen (secondary N) is 2. The molecule has 5 heterocycles. The van der Waals surface area contributed by atoms with Crippen molar-refractivity contribution in [2.45, 2.75) is 64.8 Å². The van der Waals surface area contributed by atoms with Crippen LogP contribution in [-0.4, -0.2) is 89.8 Å². The molecule has 0 spiro atoms. The zero-order chi connectivity index (χ0) is 44.4. The van der Waals surface area contributed by atoms with Crippen LogP contribution in [-0.2, 0) is 23.4 Å².